The SMILES string of the molecule is Cc1ccc2cc(C(=O)O)c(C(=O)O)nc2c1. The Hall–Kier alpha value is -2.43. The number of aromatic carboxylic acids is 2. The minimum atomic E-state index is -1.34. The van der Waals surface area contributed by atoms with Gasteiger partial charge >= 0.3 is 11.9 Å². The molecule has 17 heavy (non-hydrogen) atoms. The second-order valence-electron chi connectivity index (χ2n) is 3.69. The maximum absolute atomic E-state index is 10.9. The zero-order valence-electron chi connectivity index (χ0n) is 8.97. The van der Waals surface area contributed by atoms with Gasteiger partial charge in [-0.05, 0) is 24.6 Å². The van der Waals surface area contributed by atoms with Crippen molar-refractivity contribution in [1.82, 2.24) is 4.98 Å². The van der Waals surface area contributed by atoms with Gasteiger partial charge in [-0.1, -0.05) is 12.1 Å². The highest BCUT2D eigenvalue weighted by molar-refractivity contribution is 6.03. The molecule has 0 saturated heterocycles. The molecule has 2 aromatic rings. The average molecular weight is 231 g/mol. The van der Waals surface area contributed by atoms with Crippen molar-refractivity contribution in [2.75, 3.05) is 0 Å². The molecule has 86 valence electrons. The van der Waals surface area contributed by atoms with E-state index in [1.807, 2.05) is 13.0 Å². The van der Waals surface area contributed by atoms with Crippen LogP contribution in [0.2, 0.25) is 0 Å². The van der Waals surface area contributed by atoms with Gasteiger partial charge in [0.2, 0.25) is 0 Å². The fourth-order valence-electron chi connectivity index (χ4n) is 1.60. The Morgan fingerprint density at radius 3 is 2.41 bits per heavy atom. The predicted molar refractivity (Wildman–Crippen MR) is 60.4 cm³/mol. The van der Waals surface area contributed by atoms with E-state index in [1.54, 1.807) is 12.1 Å². The highest BCUT2D eigenvalue weighted by atomic mass is 16.4. The number of aryl methyl sites for hydroxylation is 1. The standard InChI is InChI=1S/C12H9NO4/c1-6-2-3-7-5-8(11(14)15)10(12(16)17)13-9(7)4-6/h2-5H,1H3,(H,14,15)(H,16,17). The molecule has 2 N–H and O–H groups in total. The van der Waals surface area contributed by atoms with E-state index in [0.29, 0.717) is 10.9 Å². The zero-order chi connectivity index (χ0) is 12.6. The summed E-state index contributed by atoms with van der Waals surface area (Å²) >= 11 is 0. The van der Waals surface area contributed by atoms with Crippen molar-refractivity contribution in [1.29, 1.82) is 0 Å². The molecule has 0 spiro atoms. The van der Waals surface area contributed by atoms with Gasteiger partial charge in [0.25, 0.3) is 0 Å². The molecule has 0 aliphatic carbocycles. The van der Waals surface area contributed by atoms with Gasteiger partial charge in [-0.15, -0.1) is 0 Å². The molecular formula is C12H9NO4. The third-order valence-electron chi connectivity index (χ3n) is 2.41. The van der Waals surface area contributed by atoms with Crippen molar-refractivity contribution in [3.8, 4) is 0 Å². The molecule has 1 aromatic heterocycles. The first-order valence-corrected chi connectivity index (χ1v) is 4.87. The van der Waals surface area contributed by atoms with Gasteiger partial charge in [0.15, 0.2) is 5.69 Å². The Labute approximate surface area is 96.3 Å². The van der Waals surface area contributed by atoms with Crippen molar-refractivity contribution in [2.45, 2.75) is 6.92 Å². The fourth-order valence-corrected chi connectivity index (χ4v) is 1.60. The van der Waals surface area contributed by atoms with Gasteiger partial charge in [-0.2, -0.15) is 0 Å². The summed E-state index contributed by atoms with van der Waals surface area (Å²) in [6.45, 7) is 1.85. The highest BCUT2D eigenvalue weighted by Crippen LogP contribution is 2.18. The number of rotatable bonds is 2. The van der Waals surface area contributed by atoms with E-state index in [2.05, 4.69) is 4.98 Å². The van der Waals surface area contributed by atoms with Crippen LogP contribution in [0.3, 0.4) is 0 Å². The summed E-state index contributed by atoms with van der Waals surface area (Å²) in [7, 11) is 0. The van der Waals surface area contributed by atoms with Crippen molar-refractivity contribution < 1.29 is 19.8 Å². The lowest BCUT2D eigenvalue weighted by Gasteiger charge is -2.04. The molecule has 0 bridgehead atoms. The van der Waals surface area contributed by atoms with Crippen LogP contribution in [0, 0.1) is 6.92 Å². The number of hydrogen-bond donors (Lipinski definition) is 2. The third-order valence-corrected chi connectivity index (χ3v) is 2.41. The quantitative estimate of drug-likeness (QED) is 0.824. The Morgan fingerprint density at radius 2 is 1.82 bits per heavy atom. The lowest BCUT2D eigenvalue weighted by Crippen LogP contribution is -2.10. The van der Waals surface area contributed by atoms with Gasteiger partial charge in [0.05, 0.1) is 11.1 Å². The summed E-state index contributed by atoms with van der Waals surface area (Å²) in [5.41, 5.74) is 0.682. The van der Waals surface area contributed by atoms with Crippen LogP contribution < -0.4 is 0 Å². The second kappa shape index (κ2) is 3.86. The molecule has 0 amide bonds. The Kier molecular flexibility index (Phi) is 2.51. The number of carbonyl (C=O) groups is 2. The molecule has 0 unspecified atom stereocenters. The number of nitrogens with zero attached hydrogens (tertiary/aromatic N) is 1. The molecule has 0 radical (unpaired) electrons. The summed E-state index contributed by atoms with van der Waals surface area (Å²) in [4.78, 5) is 25.7. The topological polar surface area (TPSA) is 87.5 Å². The molecule has 0 atom stereocenters. The number of carboxylic acid groups (broad SMARTS) is 2. The summed E-state index contributed by atoms with van der Waals surface area (Å²) in [6, 6.07) is 6.58. The second-order valence-corrected chi connectivity index (χ2v) is 3.69. The van der Waals surface area contributed by atoms with Crippen LogP contribution in [-0.4, -0.2) is 27.1 Å². The van der Waals surface area contributed by atoms with Crippen LogP contribution in [0.4, 0.5) is 0 Å². The van der Waals surface area contributed by atoms with E-state index >= 15 is 0 Å². The first-order valence-electron chi connectivity index (χ1n) is 4.87. The molecule has 2 rings (SSSR count). The number of hydrogen-bond acceptors (Lipinski definition) is 3. The van der Waals surface area contributed by atoms with Crippen LogP contribution in [0.15, 0.2) is 24.3 Å². The fraction of sp³-hybridized carbons (Fsp3) is 0.0833. The van der Waals surface area contributed by atoms with Crippen molar-refractivity contribution in [3.05, 3.63) is 41.1 Å². The summed E-state index contributed by atoms with van der Waals surface area (Å²) in [6.07, 6.45) is 0. The molecule has 5 heteroatoms. The number of aromatic nitrogens is 1. The van der Waals surface area contributed by atoms with Crippen LogP contribution in [0.5, 0.6) is 0 Å². The maximum Gasteiger partial charge on any atom is 0.355 e. The van der Waals surface area contributed by atoms with E-state index in [0.717, 1.165) is 5.56 Å². The predicted octanol–water partition coefficient (Wildman–Crippen LogP) is 1.94. The molecule has 0 aliphatic heterocycles. The lowest BCUT2D eigenvalue weighted by molar-refractivity contribution is 0.0647. The smallest absolute Gasteiger partial charge is 0.355 e. The van der Waals surface area contributed by atoms with Crippen LogP contribution in [-0.2, 0) is 0 Å². The average Bonchev–Trinajstić information content (AvgIpc) is 2.26. The van der Waals surface area contributed by atoms with Crippen LogP contribution in [0.25, 0.3) is 10.9 Å². The van der Waals surface area contributed by atoms with Gasteiger partial charge in [-0.25, -0.2) is 14.6 Å². The highest BCUT2D eigenvalue weighted by Gasteiger charge is 2.18. The van der Waals surface area contributed by atoms with Crippen molar-refractivity contribution in [3.63, 3.8) is 0 Å². The first-order chi connectivity index (χ1) is 7.99. The number of pyridine rings is 1. The Bertz CT molecular complexity index is 634. The molecule has 1 aromatic carbocycles. The maximum atomic E-state index is 10.9. The molecule has 5 nitrogen and oxygen atoms in total. The summed E-state index contributed by atoms with van der Waals surface area (Å²) in [5.74, 6) is -2.64. The van der Waals surface area contributed by atoms with Crippen LogP contribution >= 0.6 is 0 Å². The molecule has 0 saturated carbocycles. The third kappa shape index (κ3) is 1.94. The Morgan fingerprint density at radius 1 is 1.12 bits per heavy atom. The minimum Gasteiger partial charge on any atom is -0.478 e. The van der Waals surface area contributed by atoms with Crippen molar-refractivity contribution in [2.24, 2.45) is 0 Å². The molecule has 0 fully saturated rings. The van der Waals surface area contributed by atoms with E-state index in [-0.39, 0.29) is 5.56 Å². The largest absolute Gasteiger partial charge is 0.478 e. The summed E-state index contributed by atoms with van der Waals surface area (Å²) in [5, 5.41) is 18.5. The molecule has 1 heterocycles. The number of fused-ring (bicyclic) bond motifs is 1. The summed E-state index contributed by atoms with van der Waals surface area (Å²) < 4.78 is 0. The Balaban J connectivity index is 2.81. The van der Waals surface area contributed by atoms with E-state index in [9.17, 15) is 9.59 Å². The van der Waals surface area contributed by atoms with Gasteiger partial charge in [-0.3, -0.25) is 0 Å². The van der Waals surface area contributed by atoms with E-state index in [4.69, 9.17) is 10.2 Å². The molecular weight excluding hydrogens is 222 g/mol. The van der Waals surface area contributed by atoms with Gasteiger partial charge < -0.3 is 10.2 Å². The normalized spacial score (nSPS) is 10.4. The van der Waals surface area contributed by atoms with E-state index < -0.39 is 17.6 Å². The molecule has 0 aliphatic rings. The zero-order valence-corrected chi connectivity index (χ0v) is 8.97. The monoisotopic (exact) mass is 231 g/mol. The number of carboxylic acids is 2. The number of benzene rings is 1. The first kappa shape index (κ1) is 11.1. The van der Waals surface area contributed by atoms with E-state index in [1.165, 1.54) is 6.07 Å². The minimum absolute atomic E-state index is 0.297. The van der Waals surface area contributed by atoms with Gasteiger partial charge in [0, 0.05) is 5.39 Å². The van der Waals surface area contributed by atoms with Crippen molar-refractivity contribution >= 4 is 22.8 Å². The van der Waals surface area contributed by atoms with Gasteiger partial charge in [0.1, 0.15) is 0 Å². The lowest BCUT2D eigenvalue weighted by atomic mass is 10.1. The van der Waals surface area contributed by atoms with Crippen LogP contribution in [0.1, 0.15) is 26.4 Å².